The highest BCUT2D eigenvalue weighted by Gasteiger charge is 2.22. The van der Waals surface area contributed by atoms with Gasteiger partial charge in [-0.1, -0.05) is 29.0 Å². The third kappa shape index (κ3) is 6.30. The Morgan fingerprint density at radius 3 is 2.92 bits per heavy atom. The molecule has 0 radical (unpaired) electrons. The van der Waals surface area contributed by atoms with Gasteiger partial charge in [0, 0.05) is 30.1 Å². The quantitative estimate of drug-likeness (QED) is 0.262. The maximum atomic E-state index is 12.7. The smallest absolute Gasteiger partial charge is 0.279 e. The Morgan fingerprint density at radius 1 is 1.25 bits per heavy atom. The van der Waals surface area contributed by atoms with E-state index in [1.165, 1.54) is 36.6 Å². The van der Waals surface area contributed by atoms with Gasteiger partial charge in [-0.25, -0.2) is 9.97 Å². The van der Waals surface area contributed by atoms with Crippen LogP contribution >= 0.6 is 22.9 Å². The molecule has 5 rings (SSSR count). The number of pyridine rings is 1. The summed E-state index contributed by atoms with van der Waals surface area (Å²) < 4.78 is 16.9. The summed E-state index contributed by atoms with van der Waals surface area (Å²) in [4.78, 5) is 26.1. The number of carbonyl (C=O) groups excluding carboxylic acids is 1. The van der Waals surface area contributed by atoms with Crippen LogP contribution in [-0.2, 0) is 0 Å². The number of benzene rings is 1. The lowest BCUT2D eigenvalue weighted by Gasteiger charge is -2.10. The molecule has 1 N–H and O–H groups in total. The first kappa shape index (κ1) is 24.0. The van der Waals surface area contributed by atoms with E-state index in [4.69, 9.17) is 25.5 Å². The van der Waals surface area contributed by atoms with Gasteiger partial charge in [0.1, 0.15) is 23.5 Å². The number of nitrogens with one attached hydrogen (secondary N) is 1. The Bertz CT molecular complexity index is 1370. The molecule has 1 fully saturated rings. The predicted molar refractivity (Wildman–Crippen MR) is 138 cm³/mol. The fourth-order valence-corrected chi connectivity index (χ4v) is 4.16. The summed E-state index contributed by atoms with van der Waals surface area (Å²) in [7, 11) is 0. The van der Waals surface area contributed by atoms with Crippen molar-refractivity contribution in [2.45, 2.75) is 25.8 Å². The lowest BCUT2D eigenvalue weighted by atomic mass is 10.2. The first-order valence-corrected chi connectivity index (χ1v) is 12.6. The average Bonchev–Trinajstić information content (AvgIpc) is 3.34. The molecule has 1 aromatic carbocycles. The van der Waals surface area contributed by atoms with Crippen LogP contribution < -0.4 is 14.8 Å². The Balaban J connectivity index is 1.15. The molecule has 1 atom stereocenters. The van der Waals surface area contributed by atoms with E-state index in [0.717, 1.165) is 17.2 Å². The Hall–Kier alpha value is -3.69. The van der Waals surface area contributed by atoms with Gasteiger partial charge in [-0.2, -0.15) is 0 Å². The van der Waals surface area contributed by atoms with Crippen molar-refractivity contribution in [3.63, 3.8) is 0 Å². The van der Waals surface area contributed by atoms with Gasteiger partial charge in [-0.15, -0.1) is 0 Å². The van der Waals surface area contributed by atoms with Crippen molar-refractivity contribution < 1.29 is 18.7 Å². The van der Waals surface area contributed by atoms with Crippen molar-refractivity contribution >= 4 is 34.9 Å². The number of halogens is 1. The van der Waals surface area contributed by atoms with Crippen LogP contribution in [0.1, 0.15) is 35.0 Å². The highest BCUT2D eigenvalue weighted by Crippen LogP contribution is 2.35. The summed E-state index contributed by atoms with van der Waals surface area (Å²) >= 11 is 7.73. The second-order valence-corrected chi connectivity index (χ2v) is 9.80. The Morgan fingerprint density at radius 2 is 2.14 bits per heavy atom. The maximum Gasteiger partial charge on any atom is 0.279 e. The number of thiazole rings is 1. The van der Waals surface area contributed by atoms with Gasteiger partial charge in [0.15, 0.2) is 0 Å². The van der Waals surface area contributed by atoms with Crippen LogP contribution in [0.5, 0.6) is 16.7 Å². The molecule has 0 aliphatic heterocycles. The molecule has 36 heavy (non-hydrogen) atoms. The summed E-state index contributed by atoms with van der Waals surface area (Å²) in [5, 5.41) is 3.87. The minimum absolute atomic E-state index is 0.222. The lowest BCUT2D eigenvalue weighted by Crippen LogP contribution is -2.31. The molecule has 0 unspecified atom stereocenters. The molecule has 10 heteroatoms. The molecule has 1 aliphatic carbocycles. The summed E-state index contributed by atoms with van der Waals surface area (Å²) in [6, 6.07) is 8.45. The second kappa shape index (κ2) is 10.9. The number of oxazole rings is 1. The van der Waals surface area contributed by atoms with Crippen molar-refractivity contribution in [1.29, 1.82) is 0 Å². The lowest BCUT2D eigenvalue weighted by molar-refractivity contribution is 0.0947. The molecule has 0 bridgehead atoms. The Labute approximate surface area is 217 Å². The Kier molecular flexibility index (Phi) is 7.29. The second-order valence-electron chi connectivity index (χ2n) is 8.37. The largest absolute Gasteiger partial charge is 0.493 e. The first-order valence-electron chi connectivity index (χ1n) is 11.4. The van der Waals surface area contributed by atoms with E-state index < -0.39 is 0 Å². The van der Waals surface area contributed by atoms with Crippen molar-refractivity contribution in [3.05, 3.63) is 76.7 Å². The maximum absolute atomic E-state index is 12.7. The van der Waals surface area contributed by atoms with Gasteiger partial charge < -0.3 is 19.2 Å². The highest BCUT2D eigenvalue weighted by molar-refractivity contribution is 7.14. The van der Waals surface area contributed by atoms with Gasteiger partial charge in [0.05, 0.1) is 22.7 Å². The standard InChI is InChI=1S/C26H23ClN4O4S/c1-16(31-24(32)18-8-9-28-22(12-18)25-29-10-11-33-25)2-6-20-14-30-26(36-20)35-23-7-5-19(13-21(23)27)34-15-17-3-4-17/h2,5-14,16-17H,3-4,15H2,1H3,(H,31,32)/t16-/m0/s1. The van der Waals surface area contributed by atoms with Crippen molar-refractivity contribution in [2.75, 3.05) is 6.61 Å². The zero-order valence-corrected chi connectivity index (χ0v) is 21.0. The molecule has 1 saturated carbocycles. The van der Waals surface area contributed by atoms with Gasteiger partial charge in [-0.3, -0.25) is 9.78 Å². The summed E-state index contributed by atoms with van der Waals surface area (Å²) in [5.41, 5.74) is 0.960. The monoisotopic (exact) mass is 522 g/mol. The van der Waals surface area contributed by atoms with Crippen LogP contribution in [0.2, 0.25) is 5.02 Å². The molecule has 4 aromatic rings. The molecule has 1 aliphatic rings. The van der Waals surface area contributed by atoms with Gasteiger partial charge in [0.2, 0.25) is 5.89 Å². The van der Waals surface area contributed by atoms with Crippen LogP contribution in [0.4, 0.5) is 0 Å². The topological polar surface area (TPSA) is 99.4 Å². The number of carbonyl (C=O) groups is 1. The van der Waals surface area contributed by atoms with Crippen LogP contribution in [0.25, 0.3) is 17.7 Å². The van der Waals surface area contributed by atoms with Crippen LogP contribution in [0.15, 0.2) is 65.7 Å². The molecule has 1 amide bonds. The van der Waals surface area contributed by atoms with E-state index in [2.05, 4.69) is 20.3 Å². The van der Waals surface area contributed by atoms with E-state index >= 15 is 0 Å². The fourth-order valence-electron chi connectivity index (χ4n) is 3.26. The number of ether oxygens (including phenoxy) is 2. The van der Waals surface area contributed by atoms with E-state index in [-0.39, 0.29) is 11.9 Å². The average molecular weight is 523 g/mol. The summed E-state index contributed by atoms with van der Waals surface area (Å²) in [6.07, 6.45) is 12.5. The van der Waals surface area contributed by atoms with E-state index in [1.54, 1.807) is 36.7 Å². The highest BCUT2D eigenvalue weighted by atomic mass is 35.5. The van der Waals surface area contributed by atoms with Crippen molar-refractivity contribution in [3.8, 4) is 28.3 Å². The van der Waals surface area contributed by atoms with Gasteiger partial charge >= 0.3 is 0 Å². The molecule has 0 saturated heterocycles. The molecule has 3 heterocycles. The summed E-state index contributed by atoms with van der Waals surface area (Å²) in [5.74, 6) is 2.06. The SMILES string of the molecule is C[C@@H](C=Cc1cnc(Oc2ccc(OCC3CC3)cc2Cl)s1)NC(=O)c1ccnc(-c2ncco2)c1. The molecule has 0 spiro atoms. The number of amides is 1. The van der Waals surface area contributed by atoms with E-state index in [1.807, 2.05) is 25.1 Å². The third-order valence-corrected chi connectivity index (χ3v) is 6.50. The minimum atomic E-state index is -0.227. The normalized spacial score (nSPS) is 14.1. The molecular weight excluding hydrogens is 500 g/mol. The number of hydrogen-bond donors (Lipinski definition) is 1. The number of hydrogen-bond acceptors (Lipinski definition) is 8. The molecule has 3 aromatic heterocycles. The number of aromatic nitrogens is 3. The van der Waals surface area contributed by atoms with Gasteiger partial charge in [-0.05, 0) is 56.0 Å². The van der Waals surface area contributed by atoms with Crippen LogP contribution in [-0.4, -0.2) is 33.5 Å². The van der Waals surface area contributed by atoms with E-state index in [9.17, 15) is 4.79 Å². The van der Waals surface area contributed by atoms with Crippen LogP contribution in [0.3, 0.4) is 0 Å². The molecular formula is C26H23ClN4O4S. The zero-order chi connectivity index (χ0) is 24.9. The fraction of sp³-hybridized carbons (Fsp3) is 0.231. The summed E-state index contributed by atoms with van der Waals surface area (Å²) in [6.45, 7) is 2.61. The third-order valence-electron chi connectivity index (χ3n) is 5.37. The first-order chi connectivity index (χ1) is 17.5. The van der Waals surface area contributed by atoms with Crippen molar-refractivity contribution in [2.24, 2.45) is 5.92 Å². The van der Waals surface area contributed by atoms with Gasteiger partial charge in [0.25, 0.3) is 11.1 Å². The van der Waals surface area contributed by atoms with Crippen molar-refractivity contribution in [1.82, 2.24) is 20.3 Å². The predicted octanol–water partition coefficient (Wildman–Crippen LogP) is 6.26. The molecule has 8 nitrogen and oxygen atoms in total. The minimum Gasteiger partial charge on any atom is -0.493 e. The van der Waals surface area contributed by atoms with E-state index in [0.29, 0.717) is 39.0 Å². The number of rotatable bonds is 10. The van der Waals surface area contributed by atoms with Crippen LogP contribution in [0, 0.1) is 5.92 Å². The number of nitrogens with zero attached hydrogens (tertiary/aromatic N) is 3. The zero-order valence-electron chi connectivity index (χ0n) is 19.4. The molecule has 184 valence electrons.